The lowest BCUT2D eigenvalue weighted by Crippen LogP contribution is -2.38. The van der Waals surface area contributed by atoms with Crippen molar-refractivity contribution in [1.82, 2.24) is 4.90 Å². The molecule has 0 aliphatic carbocycles. The molecule has 0 aliphatic rings. The van der Waals surface area contributed by atoms with E-state index in [2.05, 4.69) is 32.1 Å². The highest BCUT2D eigenvalue weighted by Crippen LogP contribution is 2.08. The van der Waals surface area contributed by atoms with Gasteiger partial charge in [0.15, 0.2) is 0 Å². The third-order valence-corrected chi connectivity index (χ3v) is 3.13. The molecule has 2 unspecified atom stereocenters. The van der Waals surface area contributed by atoms with E-state index in [4.69, 9.17) is 5.73 Å². The Bertz CT molecular complexity index is 109. The first-order chi connectivity index (χ1) is 5.63. The molecule has 0 aromatic carbocycles. The summed E-state index contributed by atoms with van der Waals surface area (Å²) >= 11 is 1.89. The van der Waals surface area contributed by atoms with Gasteiger partial charge in [-0.2, -0.15) is 11.8 Å². The van der Waals surface area contributed by atoms with Crippen LogP contribution in [-0.4, -0.2) is 43.1 Å². The minimum atomic E-state index is 0.594. The van der Waals surface area contributed by atoms with Gasteiger partial charge in [0.25, 0.3) is 0 Å². The van der Waals surface area contributed by atoms with Crippen molar-refractivity contribution in [1.29, 1.82) is 0 Å². The molecule has 0 saturated carbocycles. The molecular weight excluding hydrogens is 168 g/mol. The van der Waals surface area contributed by atoms with Gasteiger partial charge < -0.3 is 10.6 Å². The average Bonchev–Trinajstić information content (AvgIpc) is 2.11. The fraction of sp³-hybridized carbons (Fsp3) is 1.00. The topological polar surface area (TPSA) is 29.3 Å². The second kappa shape index (κ2) is 6.75. The molecule has 3 heteroatoms. The Balaban J connectivity index is 3.67. The first kappa shape index (κ1) is 12.3. The Kier molecular flexibility index (Phi) is 6.90. The summed E-state index contributed by atoms with van der Waals surface area (Å²) in [6.45, 7) is 6.40. The van der Waals surface area contributed by atoms with Gasteiger partial charge in [0.05, 0.1) is 0 Å². The molecule has 0 spiro atoms. The smallest absolute Gasteiger partial charge is 0.0102 e. The molecule has 0 aromatic rings. The third-order valence-electron chi connectivity index (χ3n) is 2.54. The van der Waals surface area contributed by atoms with Gasteiger partial charge in [-0.1, -0.05) is 6.92 Å². The molecule has 0 aliphatic heterocycles. The minimum Gasteiger partial charge on any atom is -0.330 e. The van der Waals surface area contributed by atoms with E-state index in [9.17, 15) is 0 Å². The van der Waals surface area contributed by atoms with Gasteiger partial charge in [0.2, 0.25) is 0 Å². The lowest BCUT2D eigenvalue weighted by Gasteiger charge is -2.28. The highest BCUT2D eigenvalue weighted by Gasteiger charge is 2.14. The average molecular weight is 190 g/mol. The molecule has 2 atom stereocenters. The number of nitrogens with zero attached hydrogens (tertiary/aromatic N) is 1. The monoisotopic (exact) mass is 190 g/mol. The summed E-state index contributed by atoms with van der Waals surface area (Å²) in [4.78, 5) is 2.38. The second-order valence-corrected chi connectivity index (χ2v) is 4.41. The van der Waals surface area contributed by atoms with Crippen LogP contribution in [0.5, 0.6) is 0 Å². The Morgan fingerprint density at radius 3 is 2.42 bits per heavy atom. The zero-order chi connectivity index (χ0) is 9.56. The standard InChI is InChI=1S/C9H22N2S/c1-8(7-10)9(2)11(3)5-6-12-4/h8-9H,5-7,10H2,1-4H3. The molecule has 0 saturated heterocycles. The van der Waals surface area contributed by atoms with Crippen LogP contribution in [0, 0.1) is 5.92 Å². The lowest BCUT2D eigenvalue weighted by molar-refractivity contribution is 0.213. The maximum atomic E-state index is 5.61. The quantitative estimate of drug-likeness (QED) is 0.684. The van der Waals surface area contributed by atoms with Gasteiger partial charge >= 0.3 is 0 Å². The molecule has 2 N–H and O–H groups in total. The molecular formula is C9H22N2S. The summed E-state index contributed by atoms with van der Waals surface area (Å²) < 4.78 is 0. The Hall–Kier alpha value is 0.270. The van der Waals surface area contributed by atoms with Gasteiger partial charge in [-0.25, -0.2) is 0 Å². The highest BCUT2D eigenvalue weighted by molar-refractivity contribution is 7.98. The minimum absolute atomic E-state index is 0.594. The van der Waals surface area contributed by atoms with Crippen LogP contribution in [0.1, 0.15) is 13.8 Å². The maximum Gasteiger partial charge on any atom is 0.0102 e. The van der Waals surface area contributed by atoms with Gasteiger partial charge in [0, 0.05) is 18.3 Å². The first-order valence-corrected chi connectivity index (χ1v) is 5.92. The van der Waals surface area contributed by atoms with E-state index in [0.29, 0.717) is 12.0 Å². The number of rotatable bonds is 6. The van der Waals surface area contributed by atoms with Crippen LogP contribution < -0.4 is 5.73 Å². The van der Waals surface area contributed by atoms with Crippen LogP contribution in [0.4, 0.5) is 0 Å². The molecule has 0 fully saturated rings. The Labute approximate surface area is 80.9 Å². The van der Waals surface area contributed by atoms with E-state index >= 15 is 0 Å². The van der Waals surface area contributed by atoms with Crippen LogP contribution in [0.15, 0.2) is 0 Å². The molecule has 12 heavy (non-hydrogen) atoms. The van der Waals surface area contributed by atoms with Crippen LogP contribution in [0.2, 0.25) is 0 Å². The number of thioether (sulfide) groups is 1. The molecule has 0 radical (unpaired) electrons. The second-order valence-electron chi connectivity index (χ2n) is 3.43. The van der Waals surface area contributed by atoms with Gasteiger partial charge in [-0.15, -0.1) is 0 Å². The van der Waals surface area contributed by atoms with Crippen LogP contribution in [-0.2, 0) is 0 Å². The molecule has 0 aromatic heterocycles. The zero-order valence-electron chi connectivity index (χ0n) is 8.71. The summed E-state index contributed by atoms with van der Waals surface area (Å²) in [5.74, 6) is 1.80. The first-order valence-electron chi connectivity index (χ1n) is 4.52. The van der Waals surface area contributed by atoms with E-state index in [1.54, 1.807) is 0 Å². The van der Waals surface area contributed by atoms with E-state index < -0.39 is 0 Å². The van der Waals surface area contributed by atoms with Crippen molar-refractivity contribution >= 4 is 11.8 Å². The molecule has 0 bridgehead atoms. The number of hydrogen-bond acceptors (Lipinski definition) is 3. The molecule has 2 nitrogen and oxygen atoms in total. The normalized spacial score (nSPS) is 16.5. The predicted octanol–water partition coefficient (Wildman–Crippen LogP) is 1.26. The third kappa shape index (κ3) is 4.33. The Morgan fingerprint density at radius 1 is 1.42 bits per heavy atom. The molecule has 0 amide bonds. The fourth-order valence-corrected chi connectivity index (χ4v) is 1.54. The van der Waals surface area contributed by atoms with Crippen molar-refractivity contribution in [2.24, 2.45) is 11.7 Å². The molecule has 0 rings (SSSR count). The number of nitrogens with two attached hydrogens (primary N) is 1. The van der Waals surface area contributed by atoms with Crippen LogP contribution in [0.25, 0.3) is 0 Å². The fourth-order valence-electron chi connectivity index (χ4n) is 1.07. The van der Waals surface area contributed by atoms with E-state index in [1.165, 1.54) is 5.75 Å². The van der Waals surface area contributed by atoms with E-state index in [-0.39, 0.29) is 0 Å². The highest BCUT2D eigenvalue weighted by atomic mass is 32.2. The summed E-state index contributed by atoms with van der Waals surface area (Å²) in [5.41, 5.74) is 5.61. The number of hydrogen-bond donors (Lipinski definition) is 1. The van der Waals surface area contributed by atoms with Gasteiger partial charge in [-0.3, -0.25) is 0 Å². The van der Waals surface area contributed by atoms with E-state index in [0.717, 1.165) is 13.1 Å². The van der Waals surface area contributed by atoms with Crippen LogP contribution in [0.3, 0.4) is 0 Å². The van der Waals surface area contributed by atoms with Crippen molar-refractivity contribution in [2.45, 2.75) is 19.9 Å². The van der Waals surface area contributed by atoms with Crippen molar-refractivity contribution in [3.63, 3.8) is 0 Å². The van der Waals surface area contributed by atoms with Crippen LogP contribution >= 0.6 is 11.8 Å². The molecule has 0 heterocycles. The van der Waals surface area contributed by atoms with Gasteiger partial charge in [0.1, 0.15) is 0 Å². The van der Waals surface area contributed by atoms with Crippen molar-refractivity contribution in [3.05, 3.63) is 0 Å². The van der Waals surface area contributed by atoms with E-state index in [1.807, 2.05) is 11.8 Å². The maximum absolute atomic E-state index is 5.61. The predicted molar refractivity (Wildman–Crippen MR) is 58.7 cm³/mol. The summed E-state index contributed by atoms with van der Waals surface area (Å²) in [6, 6.07) is 0.599. The van der Waals surface area contributed by atoms with Crippen molar-refractivity contribution in [2.75, 3.05) is 32.1 Å². The summed E-state index contributed by atoms with van der Waals surface area (Å²) in [5, 5.41) is 0. The summed E-state index contributed by atoms with van der Waals surface area (Å²) in [7, 11) is 2.17. The van der Waals surface area contributed by atoms with Crippen molar-refractivity contribution in [3.8, 4) is 0 Å². The summed E-state index contributed by atoms with van der Waals surface area (Å²) in [6.07, 6.45) is 2.14. The van der Waals surface area contributed by atoms with Gasteiger partial charge in [-0.05, 0) is 32.7 Å². The molecule has 74 valence electrons. The zero-order valence-corrected chi connectivity index (χ0v) is 9.53. The van der Waals surface area contributed by atoms with Crippen molar-refractivity contribution < 1.29 is 0 Å². The SMILES string of the molecule is CSCCN(C)C(C)C(C)CN. The largest absolute Gasteiger partial charge is 0.330 e. The Morgan fingerprint density at radius 2 is 2.00 bits per heavy atom. The lowest BCUT2D eigenvalue weighted by atomic mass is 10.0.